The first-order valence-electron chi connectivity index (χ1n) is 6.09. The first-order chi connectivity index (χ1) is 7.34. The van der Waals surface area contributed by atoms with E-state index in [4.69, 9.17) is 5.73 Å². The predicted molar refractivity (Wildman–Crippen MR) is 66.2 cm³/mol. The molecule has 1 saturated carbocycles. The molecule has 0 heterocycles. The molecule has 0 aliphatic heterocycles. The molecule has 3 N–H and O–H groups in total. The Bertz CT molecular complexity index is 257. The highest BCUT2D eigenvalue weighted by molar-refractivity contribution is 5.85. The van der Waals surface area contributed by atoms with E-state index < -0.39 is 5.54 Å². The summed E-state index contributed by atoms with van der Waals surface area (Å²) in [7, 11) is 4.15. The summed E-state index contributed by atoms with van der Waals surface area (Å²) in [5, 5.41) is 2.99. The lowest BCUT2D eigenvalue weighted by atomic mass is 9.75. The molecule has 94 valence electrons. The van der Waals surface area contributed by atoms with Crippen LogP contribution in [0.15, 0.2) is 0 Å². The van der Waals surface area contributed by atoms with Gasteiger partial charge in [0.25, 0.3) is 0 Å². The zero-order valence-corrected chi connectivity index (χ0v) is 11.0. The van der Waals surface area contributed by atoms with Gasteiger partial charge in [-0.2, -0.15) is 0 Å². The van der Waals surface area contributed by atoms with Gasteiger partial charge >= 0.3 is 0 Å². The zero-order chi connectivity index (χ0) is 12.4. The summed E-state index contributed by atoms with van der Waals surface area (Å²) < 4.78 is 0. The number of likely N-dealkylation sites (N-methyl/N-ethyl adjacent to an activating group) is 1. The third-order valence-electron chi connectivity index (χ3n) is 4.06. The van der Waals surface area contributed by atoms with E-state index in [1.807, 2.05) is 6.92 Å². The number of carbonyl (C=O) groups is 1. The molecule has 16 heavy (non-hydrogen) atoms. The van der Waals surface area contributed by atoms with Gasteiger partial charge in [0.05, 0.1) is 5.54 Å². The van der Waals surface area contributed by atoms with Crippen LogP contribution in [0.4, 0.5) is 0 Å². The molecule has 1 aliphatic carbocycles. The predicted octanol–water partition coefficient (Wildman–Crippen LogP) is 0.714. The molecule has 0 aromatic carbocycles. The molecule has 0 aromatic heterocycles. The maximum absolute atomic E-state index is 11.9. The van der Waals surface area contributed by atoms with Crippen LogP contribution in [-0.2, 0) is 4.79 Å². The Morgan fingerprint density at radius 1 is 1.50 bits per heavy atom. The van der Waals surface area contributed by atoms with E-state index in [9.17, 15) is 4.79 Å². The molecule has 4 nitrogen and oxygen atoms in total. The van der Waals surface area contributed by atoms with Crippen LogP contribution in [0.3, 0.4) is 0 Å². The van der Waals surface area contributed by atoms with Gasteiger partial charge in [0, 0.05) is 12.1 Å². The molecule has 1 unspecified atom stereocenters. The van der Waals surface area contributed by atoms with E-state index in [1.54, 1.807) is 6.92 Å². The number of hydrogen-bond acceptors (Lipinski definition) is 3. The highest BCUT2D eigenvalue weighted by Gasteiger charge is 2.40. The lowest BCUT2D eigenvalue weighted by molar-refractivity contribution is -0.126. The molecular weight excluding hydrogens is 202 g/mol. The van der Waals surface area contributed by atoms with E-state index >= 15 is 0 Å². The Morgan fingerprint density at radius 3 is 2.38 bits per heavy atom. The first-order valence-corrected chi connectivity index (χ1v) is 6.09. The number of nitrogens with one attached hydrogen (secondary N) is 1. The molecule has 1 atom stereocenters. The molecule has 0 saturated heterocycles. The van der Waals surface area contributed by atoms with Gasteiger partial charge in [-0.25, -0.2) is 0 Å². The van der Waals surface area contributed by atoms with Gasteiger partial charge in [0.1, 0.15) is 0 Å². The van der Waals surface area contributed by atoms with Crippen LogP contribution in [0.5, 0.6) is 0 Å². The number of hydrogen-bond donors (Lipinski definition) is 2. The average Bonchev–Trinajstić information content (AvgIpc) is 2.15. The fraction of sp³-hybridized carbons (Fsp3) is 0.917. The summed E-state index contributed by atoms with van der Waals surface area (Å²) in [5.41, 5.74) is 5.33. The Balaban J connectivity index is 2.48. The van der Waals surface area contributed by atoms with Crippen LogP contribution >= 0.6 is 0 Å². The highest BCUT2D eigenvalue weighted by atomic mass is 16.2. The van der Waals surface area contributed by atoms with Gasteiger partial charge < -0.3 is 16.0 Å². The number of carbonyl (C=O) groups excluding carboxylic acids is 1. The van der Waals surface area contributed by atoms with Crippen molar-refractivity contribution in [1.29, 1.82) is 0 Å². The molecule has 1 amide bonds. The normalized spacial score (nSPS) is 22.4. The van der Waals surface area contributed by atoms with Crippen LogP contribution in [0.1, 0.15) is 39.5 Å². The third-order valence-corrected chi connectivity index (χ3v) is 4.06. The standard InChI is InChI=1S/C12H25N3O/c1-5-11(2,13)10(16)14-9-12(15(3)4)7-6-8-12/h5-9,13H2,1-4H3,(H,14,16). The van der Waals surface area contributed by atoms with E-state index in [2.05, 4.69) is 24.3 Å². The molecule has 0 bridgehead atoms. The minimum Gasteiger partial charge on any atom is -0.353 e. The summed E-state index contributed by atoms with van der Waals surface area (Å²) in [6.07, 6.45) is 4.23. The maximum Gasteiger partial charge on any atom is 0.239 e. The minimum atomic E-state index is -0.739. The fourth-order valence-corrected chi connectivity index (χ4v) is 1.97. The van der Waals surface area contributed by atoms with Crippen molar-refractivity contribution in [2.75, 3.05) is 20.6 Å². The van der Waals surface area contributed by atoms with Gasteiger partial charge in [-0.15, -0.1) is 0 Å². The lowest BCUT2D eigenvalue weighted by Gasteiger charge is -2.47. The summed E-state index contributed by atoms with van der Waals surface area (Å²) >= 11 is 0. The Labute approximate surface area is 98.6 Å². The van der Waals surface area contributed by atoms with E-state index in [-0.39, 0.29) is 11.4 Å². The first kappa shape index (κ1) is 13.5. The molecule has 1 aliphatic rings. The smallest absolute Gasteiger partial charge is 0.239 e. The van der Waals surface area contributed by atoms with Gasteiger partial charge in [0.15, 0.2) is 0 Å². The summed E-state index contributed by atoms with van der Waals surface area (Å²) in [4.78, 5) is 14.1. The molecule has 4 heteroatoms. The Morgan fingerprint density at radius 2 is 2.06 bits per heavy atom. The summed E-state index contributed by atoms with van der Waals surface area (Å²) in [5.74, 6) is -0.0388. The number of nitrogens with two attached hydrogens (primary N) is 1. The second-order valence-corrected chi connectivity index (χ2v) is 5.43. The number of amides is 1. The molecular formula is C12H25N3O. The van der Waals surface area contributed by atoms with Gasteiger partial charge in [-0.3, -0.25) is 4.79 Å². The SMILES string of the molecule is CCC(C)(N)C(=O)NCC1(N(C)C)CCC1. The summed E-state index contributed by atoms with van der Waals surface area (Å²) in [6, 6.07) is 0. The van der Waals surface area contributed by atoms with Gasteiger partial charge in [-0.1, -0.05) is 6.92 Å². The number of nitrogens with zero attached hydrogens (tertiary/aromatic N) is 1. The van der Waals surface area contributed by atoms with Crippen LogP contribution in [-0.4, -0.2) is 42.5 Å². The van der Waals surface area contributed by atoms with Crippen molar-refractivity contribution in [3.05, 3.63) is 0 Å². The zero-order valence-electron chi connectivity index (χ0n) is 11.0. The van der Waals surface area contributed by atoms with Crippen molar-refractivity contribution in [1.82, 2.24) is 10.2 Å². The topological polar surface area (TPSA) is 58.4 Å². The van der Waals surface area contributed by atoms with E-state index in [0.29, 0.717) is 13.0 Å². The average molecular weight is 227 g/mol. The van der Waals surface area contributed by atoms with Crippen molar-refractivity contribution in [3.63, 3.8) is 0 Å². The second-order valence-electron chi connectivity index (χ2n) is 5.43. The Hall–Kier alpha value is -0.610. The van der Waals surface area contributed by atoms with Crippen molar-refractivity contribution < 1.29 is 4.79 Å². The monoisotopic (exact) mass is 227 g/mol. The largest absolute Gasteiger partial charge is 0.353 e. The maximum atomic E-state index is 11.9. The molecule has 1 rings (SSSR count). The summed E-state index contributed by atoms with van der Waals surface area (Å²) in [6.45, 7) is 4.43. The van der Waals surface area contributed by atoms with Crippen LogP contribution in [0.25, 0.3) is 0 Å². The van der Waals surface area contributed by atoms with Crippen LogP contribution < -0.4 is 11.1 Å². The molecule has 0 spiro atoms. The number of rotatable bonds is 5. The molecule has 1 fully saturated rings. The second kappa shape index (κ2) is 4.72. The van der Waals surface area contributed by atoms with Gasteiger partial charge in [0.2, 0.25) is 5.91 Å². The fourth-order valence-electron chi connectivity index (χ4n) is 1.97. The minimum absolute atomic E-state index is 0.0388. The van der Waals surface area contributed by atoms with Crippen LogP contribution in [0, 0.1) is 0 Å². The van der Waals surface area contributed by atoms with Crippen LogP contribution in [0.2, 0.25) is 0 Å². The van der Waals surface area contributed by atoms with Crippen molar-refractivity contribution in [3.8, 4) is 0 Å². The molecule has 0 radical (unpaired) electrons. The van der Waals surface area contributed by atoms with Crippen molar-refractivity contribution in [2.45, 2.75) is 50.6 Å². The molecule has 0 aromatic rings. The van der Waals surface area contributed by atoms with Crippen molar-refractivity contribution in [2.24, 2.45) is 5.73 Å². The van der Waals surface area contributed by atoms with E-state index in [0.717, 1.165) is 12.8 Å². The van der Waals surface area contributed by atoms with Gasteiger partial charge in [-0.05, 0) is 46.7 Å². The lowest BCUT2D eigenvalue weighted by Crippen LogP contribution is -2.60. The highest BCUT2D eigenvalue weighted by Crippen LogP contribution is 2.35. The Kier molecular flexibility index (Phi) is 3.97. The van der Waals surface area contributed by atoms with Crippen molar-refractivity contribution >= 4 is 5.91 Å². The third kappa shape index (κ3) is 2.55. The van der Waals surface area contributed by atoms with E-state index in [1.165, 1.54) is 6.42 Å². The quantitative estimate of drug-likeness (QED) is 0.727.